The number of ether oxygens (including phenoxy) is 2. The molecule has 0 radical (unpaired) electrons. The molecule has 64 heavy (non-hydrogen) atoms. The topological polar surface area (TPSA) is 47.0 Å². The monoisotopic (exact) mass is 1030 g/mol. The predicted octanol–water partition coefficient (Wildman–Crippen LogP) is 15.6. The molecule has 1 aliphatic carbocycles. The van der Waals surface area contributed by atoms with Gasteiger partial charge in [0.05, 0.1) is 6.04 Å². The Hall–Kier alpha value is -4.99. The molecule has 332 valence electrons. The van der Waals surface area contributed by atoms with Crippen LogP contribution in [-0.4, -0.2) is 16.9 Å². The Morgan fingerprint density at radius 2 is 1.47 bits per heavy atom. The van der Waals surface area contributed by atoms with Crippen LogP contribution in [0.4, 0.5) is 17.2 Å². The van der Waals surface area contributed by atoms with Crippen molar-refractivity contribution in [2.24, 2.45) is 10.9 Å². The van der Waals surface area contributed by atoms with Crippen molar-refractivity contribution >= 4 is 23.1 Å². The van der Waals surface area contributed by atoms with Crippen LogP contribution in [0.3, 0.4) is 0 Å². The molecule has 3 heterocycles. The number of nitrogens with zero attached hydrogens (tertiary/aromatic N) is 3. The maximum Gasteiger partial charge on any atom is 2.00 e. The third kappa shape index (κ3) is 8.74. The average Bonchev–Trinajstić information content (AvgIpc) is 3.72. The third-order valence-electron chi connectivity index (χ3n) is 13.7. The van der Waals surface area contributed by atoms with Gasteiger partial charge < -0.3 is 14.4 Å². The van der Waals surface area contributed by atoms with Crippen molar-refractivity contribution in [3.63, 3.8) is 0 Å². The molecule has 0 saturated heterocycles. The van der Waals surface area contributed by atoms with Crippen molar-refractivity contribution < 1.29 is 30.5 Å². The Balaban J connectivity index is 0.00000560. The van der Waals surface area contributed by atoms with Gasteiger partial charge in [0.1, 0.15) is 17.8 Å². The van der Waals surface area contributed by atoms with Crippen LogP contribution < -0.4 is 9.64 Å². The molecule has 9 rings (SSSR count). The number of aliphatic imine (C=N–C) groups is 1. The summed E-state index contributed by atoms with van der Waals surface area (Å²) in [7, 11) is 0. The SMILES string of the molecule is Cc1cc(Oc2[c-]c(C3=N[C@H](C4CCCCC4)[C@@H](c4ccccc4)O3)cc(-c3c(C(C)C)cccc3C(C)C)c2)[c-]c(N2c3ccc(C(C)(C)C)cc3C(C)(C)c3cccnc32)c1.[Pt+2]. The van der Waals surface area contributed by atoms with E-state index >= 15 is 0 Å². The molecule has 0 unspecified atom stereocenters. The summed E-state index contributed by atoms with van der Waals surface area (Å²) in [6, 6.07) is 44.7. The first-order valence-electron chi connectivity index (χ1n) is 23.3. The minimum Gasteiger partial charge on any atom is -0.510 e. The van der Waals surface area contributed by atoms with E-state index in [4.69, 9.17) is 19.5 Å². The Morgan fingerprint density at radius 3 is 2.16 bits per heavy atom. The summed E-state index contributed by atoms with van der Waals surface area (Å²) in [5.41, 5.74) is 13.4. The van der Waals surface area contributed by atoms with E-state index < -0.39 is 0 Å². The van der Waals surface area contributed by atoms with E-state index in [0.29, 0.717) is 35.2 Å². The number of anilines is 3. The van der Waals surface area contributed by atoms with Gasteiger partial charge in [-0.25, -0.2) is 4.98 Å². The molecule has 0 amide bonds. The van der Waals surface area contributed by atoms with Crippen LogP contribution in [0.5, 0.6) is 11.5 Å². The zero-order valence-electron chi connectivity index (χ0n) is 39.3. The normalized spacial score (nSPS) is 18.2. The molecular weight excluding hydrogens is 966 g/mol. The van der Waals surface area contributed by atoms with Crippen molar-refractivity contribution in [2.45, 2.75) is 136 Å². The summed E-state index contributed by atoms with van der Waals surface area (Å²) >= 11 is 0. The summed E-state index contributed by atoms with van der Waals surface area (Å²) in [4.78, 5) is 12.8. The second kappa shape index (κ2) is 18.1. The number of benzene rings is 5. The van der Waals surface area contributed by atoms with Crippen LogP contribution in [0.15, 0.2) is 114 Å². The molecule has 2 atom stereocenters. The Morgan fingerprint density at radius 1 is 0.766 bits per heavy atom. The number of rotatable bonds is 9. The molecule has 3 aliphatic rings. The third-order valence-corrected chi connectivity index (χ3v) is 13.7. The predicted molar refractivity (Wildman–Crippen MR) is 259 cm³/mol. The van der Waals surface area contributed by atoms with Gasteiger partial charge in [0.25, 0.3) is 0 Å². The second-order valence-electron chi connectivity index (χ2n) is 20.4. The van der Waals surface area contributed by atoms with E-state index in [-0.39, 0.29) is 44.0 Å². The van der Waals surface area contributed by atoms with Gasteiger partial charge in [0.15, 0.2) is 0 Å². The van der Waals surface area contributed by atoms with Crippen molar-refractivity contribution in [3.8, 4) is 22.6 Å². The maximum atomic E-state index is 7.02. The van der Waals surface area contributed by atoms with E-state index in [1.54, 1.807) is 0 Å². The van der Waals surface area contributed by atoms with E-state index in [1.807, 2.05) is 12.3 Å². The summed E-state index contributed by atoms with van der Waals surface area (Å²) in [5.74, 6) is 3.85. The number of aromatic nitrogens is 1. The molecule has 1 saturated carbocycles. The molecule has 5 nitrogen and oxygen atoms in total. The fourth-order valence-corrected chi connectivity index (χ4v) is 10.3. The average molecular weight is 1030 g/mol. The van der Waals surface area contributed by atoms with Gasteiger partial charge in [-0.15, -0.1) is 24.3 Å². The molecule has 6 aromatic rings. The fourth-order valence-electron chi connectivity index (χ4n) is 10.3. The van der Waals surface area contributed by atoms with Crippen LogP contribution in [0.25, 0.3) is 11.1 Å². The van der Waals surface area contributed by atoms with Gasteiger partial charge in [0.2, 0.25) is 0 Å². The molecule has 2 aliphatic heterocycles. The summed E-state index contributed by atoms with van der Waals surface area (Å²) < 4.78 is 14.0. The number of fused-ring (bicyclic) bond motifs is 2. The summed E-state index contributed by atoms with van der Waals surface area (Å²) in [6.07, 6.45) is 7.87. The van der Waals surface area contributed by atoms with Crippen LogP contribution in [0.1, 0.15) is 157 Å². The van der Waals surface area contributed by atoms with Gasteiger partial charge in [-0.05, 0) is 81.5 Å². The molecule has 0 N–H and O–H groups in total. The number of aryl methyl sites for hydroxylation is 1. The Kier molecular flexibility index (Phi) is 12.9. The van der Waals surface area contributed by atoms with Crippen molar-refractivity contribution in [3.05, 3.63) is 166 Å². The van der Waals surface area contributed by atoms with Crippen LogP contribution in [-0.2, 0) is 36.6 Å². The second-order valence-corrected chi connectivity index (χ2v) is 20.4. The van der Waals surface area contributed by atoms with Gasteiger partial charge >= 0.3 is 21.1 Å². The van der Waals surface area contributed by atoms with E-state index in [9.17, 15) is 0 Å². The molecule has 1 aromatic heterocycles. The molecule has 1 fully saturated rings. The van der Waals surface area contributed by atoms with Gasteiger partial charge in [-0.1, -0.05) is 184 Å². The smallest absolute Gasteiger partial charge is 0.510 e. The van der Waals surface area contributed by atoms with Crippen LogP contribution in [0.2, 0.25) is 0 Å². The molecule has 0 bridgehead atoms. The van der Waals surface area contributed by atoms with Gasteiger partial charge in [-0.2, -0.15) is 5.56 Å². The summed E-state index contributed by atoms with van der Waals surface area (Å²) in [5, 5.41) is 0. The van der Waals surface area contributed by atoms with Gasteiger partial charge in [-0.3, -0.25) is 4.99 Å². The molecule has 0 spiro atoms. The van der Waals surface area contributed by atoms with E-state index in [1.165, 1.54) is 71.0 Å². The molecule has 6 heteroatoms. The Labute approximate surface area is 397 Å². The largest absolute Gasteiger partial charge is 2.00 e. The van der Waals surface area contributed by atoms with Crippen LogP contribution >= 0.6 is 0 Å². The number of hydrogen-bond donors (Lipinski definition) is 0. The minimum absolute atomic E-state index is 0. The van der Waals surface area contributed by atoms with Crippen molar-refractivity contribution in [2.75, 3.05) is 4.90 Å². The first-order chi connectivity index (χ1) is 30.2. The van der Waals surface area contributed by atoms with E-state index in [2.05, 4.69) is 183 Å². The number of pyridine rings is 1. The molecular formula is C58H63N3O2Pt. The van der Waals surface area contributed by atoms with E-state index in [0.717, 1.165) is 33.9 Å². The fraction of sp³-hybridized carbons (Fsp3) is 0.379. The zero-order valence-corrected chi connectivity index (χ0v) is 41.6. The van der Waals surface area contributed by atoms with Crippen molar-refractivity contribution in [1.29, 1.82) is 0 Å². The zero-order chi connectivity index (χ0) is 44.2. The quantitative estimate of drug-likeness (QED) is 0.135. The van der Waals surface area contributed by atoms with Crippen molar-refractivity contribution in [1.82, 2.24) is 4.98 Å². The number of hydrogen-bond acceptors (Lipinski definition) is 5. The maximum absolute atomic E-state index is 7.02. The summed E-state index contributed by atoms with van der Waals surface area (Å²) in [6.45, 7) is 22.7. The first kappa shape index (κ1) is 45.6. The standard InChI is InChI=1S/C58H63N3O2.Pt/c1-36(2)47-23-17-24-48(37(3)4)52(47)41-31-42(56-60-53(39-19-13-11-14-20-39)54(63-56)40-21-15-12-16-22-40)33-46(32-41)62-45-30-38(5)29-44(35-45)61-51-27-26-43(57(6,7)8)34-50(51)58(9,10)49-25-18-28-59-55(49)61;/h12,15-18,21-32,34,36-37,39,53-54H,11,13-14,19-20H2,1-10H3;/q-2;+2/t53-,54-;/m1./s1. The van der Waals surface area contributed by atoms with Crippen LogP contribution in [0, 0.1) is 25.0 Å². The first-order valence-corrected chi connectivity index (χ1v) is 23.3. The molecule has 5 aromatic carbocycles. The Bertz CT molecular complexity index is 2640. The van der Waals surface area contributed by atoms with Gasteiger partial charge in [0, 0.05) is 34.4 Å². The minimum atomic E-state index is -0.257.